The first-order valence-electron chi connectivity index (χ1n) is 9.97. The van der Waals surface area contributed by atoms with Crippen molar-refractivity contribution < 1.29 is 8.42 Å². The summed E-state index contributed by atoms with van der Waals surface area (Å²) in [7, 11) is -3.50. The summed E-state index contributed by atoms with van der Waals surface area (Å²) < 4.78 is 27.9. The van der Waals surface area contributed by atoms with Crippen LogP contribution in [0.5, 0.6) is 0 Å². The van der Waals surface area contributed by atoms with Crippen molar-refractivity contribution >= 4 is 21.4 Å². The molecule has 0 saturated heterocycles. The molecule has 0 bridgehead atoms. The number of aryl methyl sites for hydroxylation is 1. The number of sulfonamides is 1. The Bertz CT molecular complexity index is 1100. The Morgan fingerprint density at radius 3 is 2.41 bits per heavy atom. The zero-order valence-corrected chi connectivity index (χ0v) is 18.7. The van der Waals surface area contributed by atoms with Crippen molar-refractivity contribution in [3.63, 3.8) is 0 Å². The molecule has 2 aromatic carbocycles. The van der Waals surface area contributed by atoms with Crippen LogP contribution >= 0.6 is 11.3 Å². The summed E-state index contributed by atoms with van der Waals surface area (Å²) in [6.45, 7) is 7.26. The van der Waals surface area contributed by atoms with Crippen LogP contribution in [0.3, 0.4) is 0 Å². The molecule has 0 spiro atoms. The van der Waals surface area contributed by atoms with Crippen molar-refractivity contribution in [3.8, 4) is 10.6 Å². The molecule has 0 saturated carbocycles. The Hall–Kier alpha value is -2.02. The highest BCUT2D eigenvalue weighted by Crippen LogP contribution is 2.33. The van der Waals surface area contributed by atoms with Gasteiger partial charge < -0.3 is 0 Å². The number of fused-ring (bicyclic) bond motifs is 1. The highest BCUT2D eigenvalue weighted by molar-refractivity contribution is 7.89. The first-order chi connectivity index (χ1) is 13.8. The summed E-state index contributed by atoms with van der Waals surface area (Å²) in [5.74, 6) is 0.548. The Morgan fingerprint density at radius 1 is 1.07 bits per heavy atom. The van der Waals surface area contributed by atoms with Crippen molar-refractivity contribution in [1.29, 1.82) is 0 Å². The minimum atomic E-state index is -3.50. The first-order valence-corrected chi connectivity index (χ1v) is 12.2. The molecule has 3 aromatic rings. The van der Waals surface area contributed by atoms with Crippen LogP contribution in [0.2, 0.25) is 0 Å². The summed E-state index contributed by atoms with van der Waals surface area (Å²) in [6, 6.07) is 15.7. The van der Waals surface area contributed by atoms with Crippen molar-refractivity contribution in [2.24, 2.45) is 5.92 Å². The third-order valence-corrected chi connectivity index (χ3v) is 8.19. The third-order valence-electron chi connectivity index (χ3n) is 5.20. The standard InChI is InChI=1S/C23H26N2O2S2/c1-16(2)14-18-6-10-20(11-7-18)29(26,27)25-13-12-21-22(15-25)28-23(24-21)19-8-4-17(3)5-9-19/h4-11,16H,12-15H2,1-3H3. The first kappa shape index (κ1) is 20.3. The number of aromatic nitrogens is 1. The average Bonchev–Trinajstić information content (AvgIpc) is 3.12. The van der Waals surface area contributed by atoms with Gasteiger partial charge in [-0.2, -0.15) is 4.31 Å². The van der Waals surface area contributed by atoms with Crippen LogP contribution in [-0.2, 0) is 29.4 Å². The minimum Gasteiger partial charge on any atom is -0.241 e. The summed E-state index contributed by atoms with van der Waals surface area (Å²) in [5, 5.41) is 0.965. The largest absolute Gasteiger partial charge is 0.243 e. The molecule has 6 heteroatoms. The maximum Gasteiger partial charge on any atom is 0.243 e. The second-order valence-electron chi connectivity index (χ2n) is 8.09. The maximum atomic E-state index is 13.2. The van der Waals surface area contributed by atoms with Crippen molar-refractivity contribution in [2.45, 2.75) is 45.1 Å². The van der Waals surface area contributed by atoms with Crippen LogP contribution < -0.4 is 0 Å². The van der Waals surface area contributed by atoms with Gasteiger partial charge in [-0.15, -0.1) is 11.3 Å². The van der Waals surface area contributed by atoms with E-state index in [4.69, 9.17) is 4.98 Å². The monoisotopic (exact) mass is 426 g/mol. The van der Waals surface area contributed by atoms with E-state index in [0.29, 0.717) is 30.3 Å². The van der Waals surface area contributed by atoms with Crippen LogP contribution in [0, 0.1) is 12.8 Å². The van der Waals surface area contributed by atoms with Gasteiger partial charge in [0.05, 0.1) is 17.1 Å². The van der Waals surface area contributed by atoms with E-state index in [1.54, 1.807) is 27.8 Å². The average molecular weight is 427 g/mol. The fourth-order valence-electron chi connectivity index (χ4n) is 3.61. The van der Waals surface area contributed by atoms with E-state index in [9.17, 15) is 8.42 Å². The molecule has 0 fully saturated rings. The summed E-state index contributed by atoms with van der Waals surface area (Å²) >= 11 is 1.60. The highest BCUT2D eigenvalue weighted by atomic mass is 32.2. The summed E-state index contributed by atoms with van der Waals surface area (Å²) in [6.07, 6.45) is 1.61. The fraction of sp³-hybridized carbons (Fsp3) is 0.348. The molecular weight excluding hydrogens is 400 g/mol. The zero-order chi connectivity index (χ0) is 20.6. The molecule has 4 rings (SSSR count). The number of hydrogen-bond donors (Lipinski definition) is 0. The number of thiazole rings is 1. The molecule has 29 heavy (non-hydrogen) atoms. The predicted octanol–water partition coefficient (Wildman–Crippen LogP) is 5.06. The number of rotatable bonds is 5. The van der Waals surface area contributed by atoms with Crippen molar-refractivity contribution in [2.75, 3.05) is 6.54 Å². The van der Waals surface area contributed by atoms with Gasteiger partial charge in [0.2, 0.25) is 10.0 Å². The van der Waals surface area contributed by atoms with Gasteiger partial charge >= 0.3 is 0 Å². The molecule has 4 nitrogen and oxygen atoms in total. The van der Waals surface area contributed by atoms with Crippen LogP contribution in [-0.4, -0.2) is 24.3 Å². The maximum absolute atomic E-state index is 13.2. The van der Waals surface area contributed by atoms with E-state index in [1.165, 1.54) is 11.1 Å². The molecule has 0 atom stereocenters. The molecule has 152 valence electrons. The van der Waals surface area contributed by atoms with Crippen LogP contribution in [0.4, 0.5) is 0 Å². The molecular formula is C23H26N2O2S2. The molecule has 1 aliphatic heterocycles. The second kappa shape index (κ2) is 8.01. The topological polar surface area (TPSA) is 50.3 Å². The normalized spacial score (nSPS) is 14.9. The number of benzene rings is 2. The Labute approximate surface area is 177 Å². The van der Waals surface area contributed by atoms with E-state index in [0.717, 1.165) is 27.6 Å². The van der Waals surface area contributed by atoms with Gasteiger partial charge in [0, 0.05) is 23.4 Å². The van der Waals surface area contributed by atoms with Gasteiger partial charge in [-0.25, -0.2) is 13.4 Å². The van der Waals surface area contributed by atoms with Crippen molar-refractivity contribution in [1.82, 2.24) is 9.29 Å². The smallest absolute Gasteiger partial charge is 0.241 e. The van der Waals surface area contributed by atoms with Gasteiger partial charge in [0.1, 0.15) is 5.01 Å². The van der Waals surface area contributed by atoms with E-state index in [-0.39, 0.29) is 0 Å². The van der Waals surface area contributed by atoms with E-state index in [2.05, 4.69) is 45.0 Å². The van der Waals surface area contributed by atoms with Crippen LogP contribution in [0.15, 0.2) is 53.4 Å². The molecule has 1 aliphatic rings. The van der Waals surface area contributed by atoms with Crippen molar-refractivity contribution in [3.05, 3.63) is 70.2 Å². The predicted molar refractivity (Wildman–Crippen MR) is 119 cm³/mol. The van der Waals surface area contributed by atoms with Gasteiger partial charge in [-0.3, -0.25) is 0 Å². The molecule has 0 radical (unpaired) electrons. The van der Waals surface area contributed by atoms with E-state index >= 15 is 0 Å². The molecule has 2 heterocycles. The van der Waals surface area contributed by atoms with E-state index < -0.39 is 10.0 Å². The summed E-state index contributed by atoms with van der Waals surface area (Å²) in [4.78, 5) is 6.20. The fourth-order valence-corrected chi connectivity index (χ4v) is 6.23. The minimum absolute atomic E-state index is 0.372. The lowest BCUT2D eigenvalue weighted by atomic mass is 10.0. The molecule has 0 N–H and O–H groups in total. The molecule has 1 aromatic heterocycles. The third kappa shape index (κ3) is 4.29. The number of hydrogen-bond acceptors (Lipinski definition) is 4. The van der Waals surface area contributed by atoms with Gasteiger partial charge in [0.15, 0.2) is 0 Å². The Morgan fingerprint density at radius 2 is 1.76 bits per heavy atom. The SMILES string of the molecule is Cc1ccc(-c2nc3c(s2)CN(S(=O)(=O)c2ccc(CC(C)C)cc2)CC3)cc1. The zero-order valence-electron chi connectivity index (χ0n) is 17.1. The highest BCUT2D eigenvalue weighted by Gasteiger charge is 2.30. The number of nitrogens with zero attached hydrogens (tertiary/aromatic N) is 2. The molecule has 0 aliphatic carbocycles. The van der Waals surface area contributed by atoms with Gasteiger partial charge in [-0.05, 0) is 37.0 Å². The lowest BCUT2D eigenvalue weighted by molar-refractivity contribution is 0.393. The molecule has 0 unspecified atom stereocenters. The lowest BCUT2D eigenvalue weighted by Crippen LogP contribution is -2.35. The molecule has 0 amide bonds. The quantitative estimate of drug-likeness (QED) is 0.573. The van der Waals surface area contributed by atoms with Gasteiger partial charge in [-0.1, -0.05) is 55.8 Å². The van der Waals surface area contributed by atoms with Crippen LogP contribution in [0.25, 0.3) is 10.6 Å². The second-order valence-corrected chi connectivity index (χ2v) is 11.1. The van der Waals surface area contributed by atoms with Crippen LogP contribution in [0.1, 0.15) is 35.5 Å². The van der Waals surface area contributed by atoms with Gasteiger partial charge in [0.25, 0.3) is 0 Å². The Balaban J connectivity index is 1.55. The van der Waals surface area contributed by atoms with E-state index in [1.807, 2.05) is 12.1 Å². The summed E-state index contributed by atoms with van der Waals surface area (Å²) in [5.41, 5.74) is 4.51. The lowest BCUT2D eigenvalue weighted by Gasteiger charge is -2.25. The Kier molecular flexibility index (Phi) is 5.60.